The summed E-state index contributed by atoms with van der Waals surface area (Å²) in [6, 6.07) is 6.28. The molecule has 8 heteroatoms. The third-order valence-corrected chi connectivity index (χ3v) is 3.85. The lowest BCUT2D eigenvalue weighted by atomic mass is 10.1. The van der Waals surface area contributed by atoms with Gasteiger partial charge in [-0.1, -0.05) is 0 Å². The number of aromatic amines is 1. The van der Waals surface area contributed by atoms with Gasteiger partial charge in [-0.15, -0.1) is 5.10 Å². The summed E-state index contributed by atoms with van der Waals surface area (Å²) in [7, 11) is 0. The lowest BCUT2D eigenvalue weighted by Crippen LogP contribution is -2.45. The predicted octanol–water partition coefficient (Wildman–Crippen LogP) is 1.80. The second-order valence-electron chi connectivity index (χ2n) is 5.31. The van der Waals surface area contributed by atoms with Crippen LogP contribution in [0.25, 0.3) is 11.5 Å². The van der Waals surface area contributed by atoms with Crippen molar-refractivity contribution in [1.82, 2.24) is 20.8 Å². The van der Waals surface area contributed by atoms with Crippen LogP contribution in [0.4, 0.5) is 0 Å². The van der Waals surface area contributed by atoms with Crippen molar-refractivity contribution in [2.75, 3.05) is 6.54 Å². The minimum absolute atomic E-state index is 0.124. The highest BCUT2D eigenvalue weighted by atomic mass is 32.1. The molecule has 2 heterocycles. The van der Waals surface area contributed by atoms with E-state index in [1.165, 1.54) is 0 Å². The van der Waals surface area contributed by atoms with Crippen LogP contribution >= 0.6 is 12.2 Å². The van der Waals surface area contributed by atoms with Crippen molar-refractivity contribution in [3.8, 4) is 11.5 Å². The number of amides is 2. The molecule has 0 saturated carbocycles. The van der Waals surface area contributed by atoms with Crippen LogP contribution in [0.15, 0.2) is 28.7 Å². The van der Waals surface area contributed by atoms with Crippen LogP contribution < -0.4 is 10.6 Å². The largest absolute Gasteiger partial charge is 0.409 e. The second-order valence-corrected chi connectivity index (χ2v) is 5.68. The molecule has 1 saturated heterocycles. The standard InChI is InChI=1S/C15H16N4O3S/c20-12(17-11-3-1-2-8-16-13(11)21)9-4-6-10(7-5-9)14-18-19-15(23)22-14/h4-7,11H,1-3,8H2,(H,16,21)(H,17,20)(H,19,23)/t11-/m0/s1. The van der Waals surface area contributed by atoms with Gasteiger partial charge in [-0.05, 0) is 55.7 Å². The quantitative estimate of drug-likeness (QED) is 0.744. The van der Waals surface area contributed by atoms with Crippen LogP contribution in [0.3, 0.4) is 0 Å². The third-order valence-electron chi connectivity index (χ3n) is 3.67. The highest BCUT2D eigenvalue weighted by Crippen LogP contribution is 2.17. The first kappa shape index (κ1) is 15.4. The number of benzene rings is 1. The molecule has 1 fully saturated rings. The maximum absolute atomic E-state index is 12.3. The summed E-state index contributed by atoms with van der Waals surface area (Å²) in [6.45, 7) is 0.665. The van der Waals surface area contributed by atoms with Gasteiger partial charge in [0.2, 0.25) is 11.8 Å². The topological polar surface area (TPSA) is 100 Å². The van der Waals surface area contributed by atoms with E-state index in [1.807, 2.05) is 0 Å². The molecular formula is C15H16N4O3S. The minimum Gasteiger partial charge on any atom is -0.409 e. The van der Waals surface area contributed by atoms with Gasteiger partial charge in [0.25, 0.3) is 10.7 Å². The number of nitrogens with one attached hydrogen (secondary N) is 3. The first-order chi connectivity index (χ1) is 11.1. The van der Waals surface area contributed by atoms with E-state index in [9.17, 15) is 9.59 Å². The third kappa shape index (κ3) is 3.65. The summed E-state index contributed by atoms with van der Waals surface area (Å²) in [4.78, 5) is 24.3. The molecule has 1 aromatic heterocycles. The molecule has 3 rings (SSSR count). The number of aromatic nitrogens is 2. The zero-order valence-corrected chi connectivity index (χ0v) is 13.1. The summed E-state index contributed by atoms with van der Waals surface area (Å²) < 4.78 is 5.21. The van der Waals surface area contributed by atoms with Gasteiger partial charge < -0.3 is 15.1 Å². The van der Waals surface area contributed by atoms with Crippen molar-refractivity contribution < 1.29 is 14.0 Å². The van der Waals surface area contributed by atoms with Crippen LogP contribution in [0.5, 0.6) is 0 Å². The summed E-state index contributed by atoms with van der Waals surface area (Å²) in [5.41, 5.74) is 1.18. The van der Waals surface area contributed by atoms with Crippen LogP contribution in [-0.2, 0) is 4.79 Å². The Hall–Kier alpha value is -2.48. The molecule has 23 heavy (non-hydrogen) atoms. The number of nitrogens with zero attached hydrogens (tertiary/aromatic N) is 1. The molecule has 7 nitrogen and oxygen atoms in total. The summed E-state index contributed by atoms with van der Waals surface area (Å²) in [6.07, 6.45) is 2.50. The smallest absolute Gasteiger partial charge is 0.284 e. The monoisotopic (exact) mass is 332 g/mol. The minimum atomic E-state index is -0.478. The van der Waals surface area contributed by atoms with E-state index in [1.54, 1.807) is 24.3 Å². The van der Waals surface area contributed by atoms with Crippen molar-refractivity contribution in [2.45, 2.75) is 25.3 Å². The Labute approximate surface area is 137 Å². The summed E-state index contributed by atoms with van der Waals surface area (Å²) in [5.74, 6) is -0.0348. The number of rotatable bonds is 3. The first-order valence-electron chi connectivity index (χ1n) is 7.38. The Morgan fingerprint density at radius 1 is 1.30 bits per heavy atom. The van der Waals surface area contributed by atoms with Gasteiger partial charge in [0, 0.05) is 17.7 Å². The van der Waals surface area contributed by atoms with Crippen molar-refractivity contribution in [1.29, 1.82) is 0 Å². The van der Waals surface area contributed by atoms with Gasteiger partial charge in [-0.3, -0.25) is 9.59 Å². The van der Waals surface area contributed by atoms with Crippen molar-refractivity contribution in [3.63, 3.8) is 0 Å². The second kappa shape index (κ2) is 6.74. The van der Waals surface area contributed by atoms with Gasteiger partial charge in [0.15, 0.2) is 0 Å². The van der Waals surface area contributed by atoms with Crippen LogP contribution in [-0.4, -0.2) is 34.6 Å². The van der Waals surface area contributed by atoms with Crippen LogP contribution in [0, 0.1) is 4.84 Å². The molecule has 0 unspecified atom stereocenters. The highest BCUT2D eigenvalue weighted by Gasteiger charge is 2.22. The molecule has 1 aromatic carbocycles. The van der Waals surface area contributed by atoms with Crippen LogP contribution in [0.1, 0.15) is 29.6 Å². The molecule has 0 bridgehead atoms. The van der Waals surface area contributed by atoms with Crippen LogP contribution in [0.2, 0.25) is 0 Å². The fourth-order valence-corrected chi connectivity index (χ4v) is 2.56. The van der Waals surface area contributed by atoms with E-state index in [0.29, 0.717) is 30.0 Å². The fraction of sp³-hybridized carbons (Fsp3) is 0.333. The Bertz CT molecular complexity index is 766. The molecule has 2 aromatic rings. The zero-order valence-electron chi connectivity index (χ0n) is 12.3. The van der Waals surface area contributed by atoms with E-state index in [-0.39, 0.29) is 16.7 Å². The lowest BCUT2D eigenvalue weighted by Gasteiger charge is -2.15. The molecular weight excluding hydrogens is 316 g/mol. The van der Waals surface area contributed by atoms with Gasteiger partial charge in [0.1, 0.15) is 6.04 Å². The highest BCUT2D eigenvalue weighted by molar-refractivity contribution is 7.71. The van der Waals surface area contributed by atoms with Crippen molar-refractivity contribution in [2.24, 2.45) is 0 Å². The number of hydrogen-bond acceptors (Lipinski definition) is 5. The lowest BCUT2D eigenvalue weighted by molar-refractivity contribution is -0.122. The Balaban J connectivity index is 1.70. The molecule has 0 spiro atoms. The summed E-state index contributed by atoms with van der Waals surface area (Å²) >= 11 is 4.83. The normalized spacial score (nSPS) is 18.1. The molecule has 3 N–H and O–H groups in total. The fourth-order valence-electron chi connectivity index (χ4n) is 2.44. The SMILES string of the molecule is O=C(N[C@H]1CCCCNC1=O)c1ccc(-c2n[nH]c(=S)o2)cc1. The van der Waals surface area contributed by atoms with E-state index in [4.69, 9.17) is 16.6 Å². The predicted molar refractivity (Wildman–Crippen MR) is 85.2 cm³/mol. The molecule has 120 valence electrons. The van der Waals surface area contributed by atoms with Crippen molar-refractivity contribution >= 4 is 24.0 Å². The number of carbonyl (C=O) groups excluding carboxylic acids is 2. The average molecular weight is 332 g/mol. The Morgan fingerprint density at radius 2 is 2.09 bits per heavy atom. The van der Waals surface area contributed by atoms with E-state index < -0.39 is 6.04 Å². The van der Waals surface area contributed by atoms with Gasteiger partial charge in [-0.25, -0.2) is 5.10 Å². The maximum Gasteiger partial charge on any atom is 0.284 e. The summed E-state index contributed by atoms with van der Waals surface area (Å²) in [5, 5.41) is 12.0. The first-order valence-corrected chi connectivity index (χ1v) is 7.79. The number of hydrogen-bond donors (Lipinski definition) is 3. The molecule has 1 aliphatic rings. The Morgan fingerprint density at radius 3 is 2.78 bits per heavy atom. The number of H-pyrrole nitrogens is 1. The Kier molecular flexibility index (Phi) is 4.52. The zero-order chi connectivity index (χ0) is 16.2. The van der Waals surface area contributed by atoms with E-state index in [0.717, 1.165) is 12.8 Å². The number of carbonyl (C=O) groups is 2. The average Bonchev–Trinajstić information content (AvgIpc) is 2.89. The maximum atomic E-state index is 12.3. The molecule has 0 radical (unpaired) electrons. The molecule has 0 aliphatic carbocycles. The van der Waals surface area contributed by atoms with Gasteiger partial charge in [-0.2, -0.15) is 0 Å². The van der Waals surface area contributed by atoms with E-state index in [2.05, 4.69) is 20.8 Å². The van der Waals surface area contributed by atoms with Crippen molar-refractivity contribution in [3.05, 3.63) is 34.7 Å². The molecule has 1 aliphatic heterocycles. The van der Waals surface area contributed by atoms with Gasteiger partial charge >= 0.3 is 0 Å². The molecule has 1 atom stereocenters. The van der Waals surface area contributed by atoms with Gasteiger partial charge in [0.05, 0.1) is 0 Å². The van der Waals surface area contributed by atoms with E-state index >= 15 is 0 Å². The molecule has 2 amide bonds.